The minimum atomic E-state index is 0.959. The van der Waals surface area contributed by atoms with E-state index in [-0.39, 0.29) is 0 Å². The van der Waals surface area contributed by atoms with Crippen molar-refractivity contribution in [1.29, 1.82) is 0 Å². The molecule has 0 aliphatic heterocycles. The first kappa shape index (κ1) is 18.6. The van der Waals surface area contributed by atoms with Crippen molar-refractivity contribution in [3.63, 3.8) is 0 Å². The predicted octanol–water partition coefficient (Wildman–Crippen LogP) is 7.25. The molecule has 0 bridgehead atoms. The third-order valence-corrected chi connectivity index (χ3v) is 6.27. The van der Waals surface area contributed by atoms with Crippen molar-refractivity contribution in [3.05, 3.63) is 115 Å². The second kappa shape index (κ2) is 7.24. The zero-order chi connectivity index (χ0) is 21.7. The minimum absolute atomic E-state index is 0.959. The number of fused-ring (bicyclic) bond motifs is 3. The fourth-order valence-corrected chi connectivity index (χ4v) is 4.85. The summed E-state index contributed by atoms with van der Waals surface area (Å²) in [5.74, 6) is 0.959. The van der Waals surface area contributed by atoms with E-state index in [1.54, 1.807) is 0 Å². The molecule has 6 rings (SSSR count). The van der Waals surface area contributed by atoms with Crippen molar-refractivity contribution < 1.29 is 0 Å². The number of para-hydroxylation sites is 3. The molecule has 0 radical (unpaired) electrons. The number of nitrogens with zero attached hydrogens (tertiary/aromatic N) is 3. The third-order valence-electron chi connectivity index (χ3n) is 6.27. The standard InChI is InChI=1S/C29H23N3/c1-20-9-8-10-21(2)28(20)31-18-17-30-29(31)22-15-16-27-25(19-22)24-13-6-7-14-26(24)32(27)23-11-4-3-5-12-23/h3-19H,1-2H3. The van der Waals surface area contributed by atoms with Crippen molar-refractivity contribution >= 4 is 21.8 Å². The molecule has 32 heavy (non-hydrogen) atoms. The summed E-state index contributed by atoms with van der Waals surface area (Å²) in [6, 6.07) is 32.3. The van der Waals surface area contributed by atoms with Gasteiger partial charge < -0.3 is 4.57 Å². The maximum Gasteiger partial charge on any atom is 0.144 e. The quantitative estimate of drug-likeness (QED) is 0.299. The molecule has 0 spiro atoms. The van der Waals surface area contributed by atoms with Gasteiger partial charge in [-0.3, -0.25) is 4.57 Å². The van der Waals surface area contributed by atoms with E-state index in [4.69, 9.17) is 4.98 Å². The number of rotatable bonds is 3. The Morgan fingerprint density at radius 1 is 0.656 bits per heavy atom. The lowest BCUT2D eigenvalue weighted by molar-refractivity contribution is 1.03. The average Bonchev–Trinajstić information content (AvgIpc) is 3.42. The van der Waals surface area contributed by atoms with Gasteiger partial charge in [0, 0.05) is 34.4 Å². The predicted molar refractivity (Wildman–Crippen MR) is 133 cm³/mol. The first-order valence-electron chi connectivity index (χ1n) is 10.9. The van der Waals surface area contributed by atoms with Gasteiger partial charge in [0.15, 0.2) is 0 Å². The normalized spacial score (nSPS) is 11.4. The number of aromatic nitrogens is 3. The van der Waals surface area contributed by atoms with Crippen molar-refractivity contribution in [2.24, 2.45) is 0 Å². The molecule has 0 saturated heterocycles. The summed E-state index contributed by atoms with van der Waals surface area (Å²) in [5.41, 5.74) is 8.38. The van der Waals surface area contributed by atoms with E-state index >= 15 is 0 Å². The zero-order valence-electron chi connectivity index (χ0n) is 18.2. The third kappa shape index (κ3) is 2.78. The largest absolute Gasteiger partial charge is 0.309 e. The molecule has 0 aliphatic carbocycles. The lowest BCUT2D eigenvalue weighted by atomic mass is 10.1. The van der Waals surface area contributed by atoms with Crippen LogP contribution in [0.15, 0.2) is 103 Å². The molecule has 0 aliphatic rings. The second-order valence-corrected chi connectivity index (χ2v) is 8.28. The Labute approximate surface area is 187 Å². The topological polar surface area (TPSA) is 22.8 Å². The van der Waals surface area contributed by atoms with Crippen molar-refractivity contribution in [3.8, 4) is 22.8 Å². The molecule has 3 heteroatoms. The molecule has 2 aromatic heterocycles. The van der Waals surface area contributed by atoms with Crippen LogP contribution in [0.1, 0.15) is 11.1 Å². The molecule has 0 N–H and O–H groups in total. The van der Waals surface area contributed by atoms with Crippen LogP contribution < -0.4 is 0 Å². The van der Waals surface area contributed by atoms with Gasteiger partial charge in [0.1, 0.15) is 5.82 Å². The van der Waals surface area contributed by atoms with Gasteiger partial charge in [0.25, 0.3) is 0 Å². The number of imidazole rings is 1. The fraction of sp³-hybridized carbons (Fsp3) is 0.0690. The molecule has 6 aromatic rings. The molecule has 0 fully saturated rings. The Morgan fingerprint density at radius 2 is 1.38 bits per heavy atom. The van der Waals surface area contributed by atoms with Gasteiger partial charge in [-0.25, -0.2) is 4.98 Å². The van der Waals surface area contributed by atoms with E-state index in [0.29, 0.717) is 0 Å². The van der Waals surface area contributed by atoms with Crippen molar-refractivity contribution in [1.82, 2.24) is 14.1 Å². The van der Waals surface area contributed by atoms with Crippen LogP contribution in [-0.2, 0) is 0 Å². The molecular formula is C29H23N3. The van der Waals surface area contributed by atoms with E-state index in [9.17, 15) is 0 Å². The van der Waals surface area contributed by atoms with Crippen LogP contribution in [0.5, 0.6) is 0 Å². The summed E-state index contributed by atoms with van der Waals surface area (Å²) in [6.07, 6.45) is 3.95. The highest BCUT2D eigenvalue weighted by Gasteiger charge is 2.16. The maximum atomic E-state index is 4.75. The summed E-state index contributed by atoms with van der Waals surface area (Å²) in [7, 11) is 0. The van der Waals surface area contributed by atoms with Crippen LogP contribution >= 0.6 is 0 Å². The van der Waals surface area contributed by atoms with E-state index in [0.717, 1.165) is 11.4 Å². The number of benzene rings is 4. The molecule has 0 saturated carbocycles. The lowest BCUT2D eigenvalue weighted by Gasteiger charge is -2.14. The summed E-state index contributed by atoms with van der Waals surface area (Å²) in [4.78, 5) is 4.75. The van der Waals surface area contributed by atoms with Crippen LogP contribution in [0.25, 0.3) is 44.6 Å². The average molecular weight is 414 g/mol. The highest BCUT2D eigenvalue weighted by atomic mass is 15.1. The Kier molecular flexibility index (Phi) is 4.22. The van der Waals surface area contributed by atoms with Gasteiger partial charge in [0.05, 0.1) is 16.7 Å². The Balaban J connectivity index is 1.61. The SMILES string of the molecule is Cc1cccc(C)c1-n1ccnc1-c1ccc2c(c1)c1ccccc1n2-c1ccccc1. The van der Waals surface area contributed by atoms with E-state index < -0.39 is 0 Å². The summed E-state index contributed by atoms with van der Waals surface area (Å²) in [6.45, 7) is 4.31. The summed E-state index contributed by atoms with van der Waals surface area (Å²) < 4.78 is 4.55. The van der Waals surface area contributed by atoms with Crippen LogP contribution in [0.3, 0.4) is 0 Å². The molecule has 0 unspecified atom stereocenters. The molecule has 4 aromatic carbocycles. The Morgan fingerprint density at radius 3 is 2.19 bits per heavy atom. The molecule has 2 heterocycles. The van der Waals surface area contributed by atoms with E-state index in [2.05, 4.69) is 120 Å². The van der Waals surface area contributed by atoms with E-state index in [1.807, 2.05) is 6.20 Å². The van der Waals surface area contributed by atoms with Crippen molar-refractivity contribution in [2.45, 2.75) is 13.8 Å². The highest BCUT2D eigenvalue weighted by molar-refractivity contribution is 6.10. The van der Waals surface area contributed by atoms with Gasteiger partial charge in [-0.1, -0.05) is 54.6 Å². The van der Waals surface area contributed by atoms with Gasteiger partial charge in [0.2, 0.25) is 0 Å². The summed E-state index contributed by atoms with van der Waals surface area (Å²) >= 11 is 0. The first-order valence-corrected chi connectivity index (χ1v) is 10.9. The molecule has 0 amide bonds. The van der Waals surface area contributed by atoms with Gasteiger partial charge in [-0.05, 0) is 61.4 Å². The van der Waals surface area contributed by atoms with Crippen LogP contribution in [0, 0.1) is 13.8 Å². The molecule has 3 nitrogen and oxygen atoms in total. The fourth-order valence-electron chi connectivity index (χ4n) is 4.85. The number of hydrogen-bond acceptors (Lipinski definition) is 1. The zero-order valence-corrected chi connectivity index (χ0v) is 18.2. The maximum absolute atomic E-state index is 4.75. The van der Waals surface area contributed by atoms with Gasteiger partial charge in [-0.2, -0.15) is 0 Å². The first-order chi connectivity index (χ1) is 15.7. The number of aryl methyl sites for hydroxylation is 2. The van der Waals surface area contributed by atoms with Crippen molar-refractivity contribution in [2.75, 3.05) is 0 Å². The smallest absolute Gasteiger partial charge is 0.144 e. The molecule has 154 valence electrons. The highest BCUT2D eigenvalue weighted by Crippen LogP contribution is 2.35. The molecule has 0 atom stereocenters. The van der Waals surface area contributed by atoms with Gasteiger partial charge in [-0.15, -0.1) is 0 Å². The Hall–Kier alpha value is -4.11. The van der Waals surface area contributed by atoms with Crippen LogP contribution in [-0.4, -0.2) is 14.1 Å². The molecular weight excluding hydrogens is 390 g/mol. The monoisotopic (exact) mass is 413 g/mol. The summed E-state index contributed by atoms with van der Waals surface area (Å²) in [5, 5.41) is 2.48. The van der Waals surface area contributed by atoms with Gasteiger partial charge >= 0.3 is 0 Å². The second-order valence-electron chi connectivity index (χ2n) is 8.28. The minimum Gasteiger partial charge on any atom is -0.309 e. The number of hydrogen-bond donors (Lipinski definition) is 0. The van der Waals surface area contributed by atoms with Crippen LogP contribution in [0.2, 0.25) is 0 Å². The van der Waals surface area contributed by atoms with Crippen LogP contribution in [0.4, 0.5) is 0 Å². The lowest BCUT2D eigenvalue weighted by Crippen LogP contribution is -2.01. The van der Waals surface area contributed by atoms with E-state index in [1.165, 1.54) is 44.3 Å². The Bertz CT molecular complexity index is 1570.